The SMILES string of the molecule is Cn1cnnc1Cc1cccc(-n2cc3c(C(F)(F)F)cc(C=O)cn3c2=O)c1. The topological polar surface area (TPSA) is 74.2 Å². The molecule has 7 nitrogen and oxygen atoms in total. The Balaban J connectivity index is 1.86. The zero-order chi connectivity index (χ0) is 20.8. The summed E-state index contributed by atoms with van der Waals surface area (Å²) < 4.78 is 44.0. The van der Waals surface area contributed by atoms with Crippen LogP contribution in [0, 0.1) is 0 Å². The number of hydrogen-bond acceptors (Lipinski definition) is 4. The van der Waals surface area contributed by atoms with Crippen molar-refractivity contribution in [2.24, 2.45) is 7.05 Å². The molecular weight excluding hydrogens is 387 g/mol. The lowest BCUT2D eigenvalue weighted by Crippen LogP contribution is -2.19. The lowest BCUT2D eigenvalue weighted by atomic mass is 10.1. The number of alkyl halides is 3. The standard InChI is InChI=1S/C19H14F3N5O2/c1-25-11-23-24-17(25)7-12-3-2-4-14(5-12)26-9-16-15(19(20,21)22)6-13(10-28)8-27(16)18(26)29/h2-6,8-11H,7H2,1H3. The van der Waals surface area contributed by atoms with Gasteiger partial charge in [0.2, 0.25) is 0 Å². The van der Waals surface area contributed by atoms with Crippen molar-refractivity contribution >= 4 is 11.8 Å². The summed E-state index contributed by atoms with van der Waals surface area (Å²) in [5, 5.41) is 7.82. The molecule has 0 unspecified atom stereocenters. The highest BCUT2D eigenvalue weighted by atomic mass is 19.4. The van der Waals surface area contributed by atoms with Crippen LogP contribution in [-0.2, 0) is 19.6 Å². The first-order chi connectivity index (χ1) is 13.8. The first kappa shape index (κ1) is 18.7. The van der Waals surface area contributed by atoms with Gasteiger partial charge in [-0.25, -0.2) is 4.79 Å². The number of aldehydes is 1. The Hall–Kier alpha value is -3.69. The lowest BCUT2D eigenvalue weighted by molar-refractivity contribution is -0.136. The number of carbonyl (C=O) groups excluding carboxylic acids is 1. The minimum atomic E-state index is -4.71. The maximum absolute atomic E-state index is 13.4. The van der Waals surface area contributed by atoms with Gasteiger partial charge in [-0.05, 0) is 23.8 Å². The molecule has 0 aliphatic heterocycles. The van der Waals surface area contributed by atoms with Crippen LogP contribution in [-0.4, -0.2) is 30.0 Å². The van der Waals surface area contributed by atoms with E-state index in [0.717, 1.165) is 33.0 Å². The number of halogens is 3. The van der Waals surface area contributed by atoms with Crippen LogP contribution in [0.4, 0.5) is 13.2 Å². The van der Waals surface area contributed by atoms with E-state index in [1.54, 1.807) is 36.1 Å². The summed E-state index contributed by atoms with van der Waals surface area (Å²) in [6.45, 7) is 0. The van der Waals surface area contributed by atoms with Crippen LogP contribution in [0.15, 0.2) is 53.8 Å². The lowest BCUT2D eigenvalue weighted by Gasteiger charge is -2.08. The fraction of sp³-hybridized carbons (Fsp3) is 0.158. The van der Waals surface area contributed by atoms with E-state index in [1.165, 1.54) is 0 Å². The van der Waals surface area contributed by atoms with Gasteiger partial charge in [0.1, 0.15) is 12.2 Å². The molecule has 3 aromatic heterocycles. The summed E-state index contributed by atoms with van der Waals surface area (Å²) in [7, 11) is 1.80. The van der Waals surface area contributed by atoms with Gasteiger partial charge in [0.25, 0.3) is 0 Å². The van der Waals surface area contributed by atoms with Crippen molar-refractivity contribution in [3.8, 4) is 5.69 Å². The van der Waals surface area contributed by atoms with Crippen molar-refractivity contribution in [2.75, 3.05) is 0 Å². The minimum absolute atomic E-state index is 0.235. The molecule has 10 heteroatoms. The predicted octanol–water partition coefficient (Wildman–Crippen LogP) is 2.64. The summed E-state index contributed by atoms with van der Waals surface area (Å²) in [6, 6.07) is 7.58. The van der Waals surface area contributed by atoms with Crippen LogP contribution < -0.4 is 5.69 Å². The van der Waals surface area contributed by atoms with E-state index in [1.807, 2.05) is 6.07 Å². The van der Waals surface area contributed by atoms with Gasteiger partial charge >= 0.3 is 11.9 Å². The molecule has 0 radical (unpaired) electrons. The van der Waals surface area contributed by atoms with Gasteiger partial charge in [-0.2, -0.15) is 13.2 Å². The number of hydrogen-bond donors (Lipinski definition) is 0. The van der Waals surface area contributed by atoms with Crippen molar-refractivity contribution in [1.29, 1.82) is 0 Å². The molecule has 3 heterocycles. The number of imidazole rings is 1. The summed E-state index contributed by atoms with van der Waals surface area (Å²) in [6.07, 6.45) is -0.208. The van der Waals surface area contributed by atoms with E-state index in [0.29, 0.717) is 17.9 Å². The quantitative estimate of drug-likeness (QED) is 0.493. The van der Waals surface area contributed by atoms with Crippen LogP contribution in [0.1, 0.15) is 27.3 Å². The van der Waals surface area contributed by atoms with E-state index in [4.69, 9.17) is 0 Å². The molecule has 29 heavy (non-hydrogen) atoms. The highest BCUT2D eigenvalue weighted by Crippen LogP contribution is 2.33. The molecule has 4 aromatic rings. The third kappa shape index (κ3) is 3.33. The number of carbonyl (C=O) groups is 1. The van der Waals surface area contributed by atoms with Gasteiger partial charge in [-0.15, -0.1) is 10.2 Å². The van der Waals surface area contributed by atoms with Gasteiger partial charge in [0, 0.05) is 31.4 Å². The monoisotopic (exact) mass is 401 g/mol. The normalized spacial score (nSPS) is 11.9. The van der Waals surface area contributed by atoms with Gasteiger partial charge < -0.3 is 4.57 Å². The Morgan fingerprint density at radius 1 is 1.17 bits per heavy atom. The maximum atomic E-state index is 13.4. The second-order valence-corrected chi connectivity index (χ2v) is 6.54. The third-order valence-corrected chi connectivity index (χ3v) is 4.59. The van der Waals surface area contributed by atoms with Crippen LogP contribution in [0.3, 0.4) is 0 Å². The molecule has 0 N–H and O–H groups in total. The van der Waals surface area contributed by atoms with Crippen LogP contribution in [0.2, 0.25) is 0 Å². The number of fused-ring (bicyclic) bond motifs is 1. The van der Waals surface area contributed by atoms with Crippen molar-refractivity contribution in [3.63, 3.8) is 0 Å². The number of aryl methyl sites for hydroxylation is 1. The largest absolute Gasteiger partial charge is 0.418 e. The first-order valence-electron chi connectivity index (χ1n) is 8.50. The van der Waals surface area contributed by atoms with Crippen LogP contribution in [0.5, 0.6) is 0 Å². The molecule has 4 rings (SSSR count). The number of pyridine rings is 1. The molecule has 0 bridgehead atoms. The number of aromatic nitrogens is 5. The van der Waals surface area contributed by atoms with Crippen LogP contribution in [0.25, 0.3) is 11.2 Å². The van der Waals surface area contributed by atoms with E-state index >= 15 is 0 Å². The zero-order valence-electron chi connectivity index (χ0n) is 15.1. The summed E-state index contributed by atoms with van der Waals surface area (Å²) in [5.74, 6) is 0.700. The van der Waals surface area contributed by atoms with Gasteiger partial charge in [0.05, 0.1) is 16.8 Å². The fourth-order valence-electron chi connectivity index (χ4n) is 3.15. The number of nitrogens with zero attached hydrogens (tertiary/aromatic N) is 5. The molecule has 0 atom stereocenters. The second-order valence-electron chi connectivity index (χ2n) is 6.54. The molecule has 0 saturated carbocycles. The van der Waals surface area contributed by atoms with Crippen molar-refractivity contribution in [1.82, 2.24) is 23.7 Å². The number of rotatable bonds is 4. The van der Waals surface area contributed by atoms with Crippen molar-refractivity contribution in [3.05, 3.63) is 82.1 Å². The van der Waals surface area contributed by atoms with E-state index in [2.05, 4.69) is 10.2 Å². The van der Waals surface area contributed by atoms with Crippen molar-refractivity contribution in [2.45, 2.75) is 12.6 Å². The highest BCUT2D eigenvalue weighted by molar-refractivity contribution is 5.76. The Bertz CT molecular complexity index is 1280. The zero-order valence-corrected chi connectivity index (χ0v) is 15.1. The molecule has 0 amide bonds. The Morgan fingerprint density at radius 2 is 1.97 bits per heavy atom. The van der Waals surface area contributed by atoms with E-state index in [-0.39, 0.29) is 17.4 Å². The van der Waals surface area contributed by atoms with Crippen LogP contribution >= 0.6 is 0 Å². The second kappa shape index (κ2) is 6.73. The molecule has 1 aromatic carbocycles. The van der Waals surface area contributed by atoms with Gasteiger partial charge in [-0.3, -0.25) is 13.8 Å². The molecule has 0 spiro atoms. The average molecular weight is 401 g/mol. The van der Waals surface area contributed by atoms with E-state index in [9.17, 15) is 22.8 Å². The highest BCUT2D eigenvalue weighted by Gasteiger charge is 2.34. The smallest absolute Gasteiger partial charge is 0.320 e. The van der Waals surface area contributed by atoms with Crippen molar-refractivity contribution < 1.29 is 18.0 Å². The molecule has 0 saturated heterocycles. The van der Waals surface area contributed by atoms with Gasteiger partial charge in [-0.1, -0.05) is 12.1 Å². The summed E-state index contributed by atoms with van der Waals surface area (Å²) in [4.78, 5) is 23.8. The fourth-order valence-corrected chi connectivity index (χ4v) is 3.15. The molecule has 0 aliphatic rings. The Morgan fingerprint density at radius 3 is 2.62 bits per heavy atom. The minimum Gasteiger partial charge on any atom is -0.320 e. The Kier molecular flexibility index (Phi) is 4.33. The summed E-state index contributed by atoms with van der Waals surface area (Å²) in [5.41, 5.74) is -1.10. The third-order valence-electron chi connectivity index (χ3n) is 4.59. The molecule has 148 valence electrons. The molecular formula is C19H14F3N5O2. The Labute approximate surface area is 161 Å². The maximum Gasteiger partial charge on any atom is 0.418 e. The summed E-state index contributed by atoms with van der Waals surface area (Å²) >= 11 is 0. The predicted molar refractivity (Wildman–Crippen MR) is 97.2 cm³/mol. The van der Waals surface area contributed by atoms with E-state index < -0.39 is 17.4 Å². The average Bonchev–Trinajstić information content (AvgIpc) is 3.24. The number of benzene rings is 1. The molecule has 0 fully saturated rings. The van der Waals surface area contributed by atoms with Gasteiger partial charge in [0.15, 0.2) is 6.29 Å². The molecule has 0 aliphatic carbocycles. The first-order valence-corrected chi connectivity index (χ1v) is 8.50.